The second-order valence-corrected chi connectivity index (χ2v) is 5.02. The van der Waals surface area contributed by atoms with Gasteiger partial charge in [-0.25, -0.2) is 4.98 Å². The van der Waals surface area contributed by atoms with Gasteiger partial charge in [0.25, 0.3) is 0 Å². The van der Waals surface area contributed by atoms with Crippen molar-refractivity contribution in [3.63, 3.8) is 0 Å². The Hall–Kier alpha value is -1.30. The lowest BCUT2D eigenvalue weighted by Crippen LogP contribution is -2.13. The van der Waals surface area contributed by atoms with E-state index in [0.29, 0.717) is 23.1 Å². The van der Waals surface area contributed by atoms with Crippen LogP contribution in [-0.2, 0) is 13.1 Å². The number of rotatable bonds is 6. The highest BCUT2D eigenvalue weighted by Gasteiger charge is 2.10. The summed E-state index contributed by atoms with van der Waals surface area (Å²) < 4.78 is 10.5. The molecule has 1 aromatic heterocycles. The molecule has 0 atom stereocenters. The van der Waals surface area contributed by atoms with E-state index in [9.17, 15) is 0 Å². The van der Waals surface area contributed by atoms with Crippen molar-refractivity contribution >= 4 is 22.9 Å². The fourth-order valence-corrected chi connectivity index (χ4v) is 2.60. The predicted octanol–water partition coefficient (Wildman–Crippen LogP) is 3.10. The molecule has 0 aliphatic heterocycles. The van der Waals surface area contributed by atoms with E-state index in [2.05, 4.69) is 10.3 Å². The van der Waals surface area contributed by atoms with Gasteiger partial charge in [-0.2, -0.15) is 0 Å². The number of nitrogens with zero attached hydrogens (tertiary/aromatic N) is 1. The smallest absolute Gasteiger partial charge is 0.179 e. The molecule has 0 saturated carbocycles. The predicted molar refractivity (Wildman–Crippen MR) is 77.2 cm³/mol. The highest BCUT2D eigenvalue weighted by molar-refractivity contribution is 7.07. The summed E-state index contributed by atoms with van der Waals surface area (Å²) in [6.07, 6.45) is 0. The van der Waals surface area contributed by atoms with Gasteiger partial charge in [0.15, 0.2) is 11.5 Å². The lowest BCUT2D eigenvalue weighted by molar-refractivity contribution is 0.354. The zero-order valence-corrected chi connectivity index (χ0v) is 12.3. The van der Waals surface area contributed by atoms with Crippen LogP contribution in [0.15, 0.2) is 23.0 Å². The summed E-state index contributed by atoms with van der Waals surface area (Å²) in [5.74, 6) is 1.20. The Morgan fingerprint density at radius 1 is 1.26 bits per heavy atom. The van der Waals surface area contributed by atoms with Crippen LogP contribution in [0.5, 0.6) is 11.5 Å². The second-order valence-electron chi connectivity index (χ2n) is 3.90. The van der Waals surface area contributed by atoms with Crippen molar-refractivity contribution in [3.8, 4) is 11.5 Å². The highest BCUT2D eigenvalue weighted by Crippen LogP contribution is 2.35. The molecule has 19 heavy (non-hydrogen) atoms. The van der Waals surface area contributed by atoms with E-state index in [1.165, 1.54) is 0 Å². The average Bonchev–Trinajstić information content (AvgIpc) is 2.91. The minimum absolute atomic E-state index is 0.548. The molecule has 0 radical (unpaired) electrons. The lowest BCUT2D eigenvalue weighted by Gasteiger charge is -2.12. The Bertz CT molecular complexity index is 532. The van der Waals surface area contributed by atoms with Crippen molar-refractivity contribution in [2.45, 2.75) is 13.1 Å². The first-order valence-corrected chi connectivity index (χ1v) is 7.05. The van der Waals surface area contributed by atoms with E-state index in [0.717, 1.165) is 17.8 Å². The standard InChI is InChI=1S/C13H15ClN2O2S/c1-17-12-4-9(3-11(14)13(12)18-2)5-15-6-10-7-19-8-16-10/h3-4,7-8,15H,5-6H2,1-2H3. The van der Waals surface area contributed by atoms with Crippen molar-refractivity contribution in [2.75, 3.05) is 14.2 Å². The minimum atomic E-state index is 0.548. The first-order valence-electron chi connectivity index (χ1n) is 5.72. The van der Waals surface area contributed by atoms with E-state index in [-0.39, 0.29) is 0 Å². The topological polar surface area (TPSA) is 43.4 Å². The van der Waals surface area contributed by atoms with Crippen LogP contribution >= 0.6 is 22.9 Å². The number of methoxy groups -OCH3 is 2. The molecule has 1 heterocycles. The van der Waals surface area contributed by atoms with Crippen LogP contribution in [0.1, 0.15) is 11.3 Å². The monoisotopic (exact) mass is 298 g/mol. The number of thiazole rings is 1. The number of hydrogen-bond acceptors (Lipinski definition) is 5. The maximum absolute atomic E-state index is 6.15. The third-order valence-corrected chi connectivity index (χ3v) is 3.53. The van der Waals surface area contributed by atoms with Crippen molar-refractivity contribution in [2.24, 2.45) is 0 Å². The third kappa shape index (κ3) is 3.59. The maximum atomic E-state index is 6.15. The molecule has 0 amide bonds. The Morgan fingerprint density at radius 3 is 2.74 bits per heavy atom. The van der Waals surface area contributed by atoms with Gasteiger partial charge >= 0.3 is 0 Å². The van der Waals surface area contributed by atoms with Gasteiger partial charge in [-0.3, -0.25) is 0 Å². The van der Waals surface area contributed by atoms with Gasteiger partial charge in [-0.05, 0) is 17.7 Å². The molecular formula is C13H15ClN2O2S. The summed E-state index contributed by atoms with van der Waals surface area (Å²) >= 11 is 7.74. The van der Waals surface area contributed by atoms with Crippen LogP contribution in [0.2, 0.25) is 5.02 Å². The fourth-order valence-electron chi connectivity index (χ4n) is 1.73. The second kappa shape index (κ2) is 6.75. The number of hydrogen-bond donors (Lipinski definition) is 1. The number of halogens is 1. The molecule has 0 unspecified atom stereocenters. The van der Waals surface area contributed by atoms with Gasteiger partial charge in [-0.1, -0.05) is 11.6 Å². The largest absolute Gasteiger partial charge is 0.493 e. The van der Waals surface area contributed by atoms with Crippen LogP contribution < -0.4 is 14.8 Å². The minimum Gasteiger partial charge on any atom is -0.493 e. The van der Waals surface area contributed by atoms with Gasteiger partial charge in [0.1, 0.15) is 0 Å². The molecule has 102 valence electrons. The molecular weight excluding hydrogens is 284 g/mol. The van der Waals surface area contributed by atoms with Crippen molar-refractivity contribution in [1.29, 1.82) is 0 Å². The average molecular weight is 299 g/mol. The molecule has 0 fully saturated rings. The normalized spacial score (nSPS) is 10.5. The summed E-state index contributed by atoms with van der Waals surface area (Å²) in [6.45, 7) is 1.42. The van der Waals surface area contributed by atoms with Gasteiger partial charge < -0.3 is 14.8 Å². The molecule has 6 heteroatoms. The number of benzene rings is 1. The molecule has 0 saturated heterocycles. The number of aromatic nitrogens is 1. The van der Waals surface area contributed by atoms with E-state index < -0.39 is 0 Å². The summed E-state index contributed by atoms with van der Waals surface area (Å²) in [7, 11) is 3.17. The summed E-state index contributed by atoms with van der Waals surface area (Å²) in [4.78, 5) is 4.21. The number of nitrogens with one attached hydrogen (secondary N) is 1. The maximum Gasteiger partial charge on any atom is 0.179 e. The van der Waals surface area contributed by atoms with Gasteiger partial charge in [0.05, 0.1) is 30.4 Å². The van der Waals surface area contributed by atoms with Crippen molar-refractivity contribution < 1.29 is 9.47 Å². The SMILES string of the molecule is COc1cc(CNCc2cscn2)cc(Cl)c1OC. The lowest BCUT2D eigenvalue weighted by atomic mass is 10.2. The quantitative estimate of drug-likeness (QED) is 0.890. The first-order chi connectivity index (χ1) is 9.24. The molecule has 0 aliphatic rings. The highest BCUT2D eigenvalue weighted by atomic mass is 35.5. The molecule has 1 N–H and O–H groups in total. The van der Waals surface area contributed by atoms with Crippen LogP contribution in [0.25, 0.3) is 0 Å². The van der Waals surface area contributed by atoms with Gasteiger partial charge in [-0.15, -0.1) is 11.3 Å². The van der Waals surface area contributed by atoms with Crippen molar-refractivity contribution in [1.82, 2.24) is 10.3 Å². The van der Waals surface area contributed by atoms with E-state index in [1.807, 2.05) is 23.0 Å². The van der Waals surface area contributed by atoms with E-state index >= 15 is 0 Å². The summed E-state index contributed by atoms with van der Waals surface area (Å²) in [6, 6.07) is 3.79. The van der Waals surface area contributed by atoms with Crippen molar-refractivity contribution in [3.05, 3.63) is 39.3 Å². The molecule has 2 aromatic rings. The molecule has 0 aliphatic carbocycles. The van der Waals surface area contributed by atoms with E-state index in [1.54, 1.807) is 25.6 Å². The molecule has 2 rings (SSSR count). The Labute approximate surface area is 121 Å². The summed E-state index contributed by atoms with van der Waals surface area (Å²) in [5.41, 5.74) is 3.90. The van der Waals surface area contributed by atoms with Gasteiger partial charge in [0.2, 0.25) is 0 Å². The first kappa shape index (κ1) is 14.1. The van der Waals surface area contributed by atoms with Crippen LogP contribution in [0.3, 0.4) is 0 Å². The van der Waals surface area contributed by atoms with Crippen LogP contribution in [0, 0.1) is 0 Å². The number of ether oxygens (including phenoxy) is 2. The zero-order chi connectivity index (χ0) is 13.7. The van der Waals surface area contributed by atoms with E-state index in [4.69, 9.17) is 21.1 Å². The Balaban J connectivity index is 2.02. The third-order valence-electron chi connectivity index (χ3n) is 2.61. The van der Waals surface area contributed by atoms with Crippen LogP contribution in [0.4, 0.5) is 0 Å². The Morgan fingerprint density at radius 2 is 2.11 bits per heavy atom. The molecule has 1 aromatic carbocycles. The fraction of sp³-hybridized carbons (Fsp3) is 0.308. The molecule has 0 bridgehead atoms. The molecule has 4 nitrogen and oxygen atoms in total. The summed E-state index contributed by atoms with van der Waals surface area (Å²) in [5, 5.41) is 5.88. The Kier molecular flexibility index (Phi) is 5.01. The zero-order valence-electron chi connectivity index (χ0n) is 10.8. The molecule has 0 spiro atoms. The van der Waals surface area contributed by atoms with Gasteiger partial charge in [0, 0.05) is 18.5 Å². The van der Waals surface area contributed by atoms with Crippen LogP contribution in [-0.4, -0.2) is 19.2 Å².